The van der Waals surface area contributed by atoms with E-state index in [-0.39, 0.29) is 5.92 Å². The number of pyridine rings is 1. The molecule has 0 saturated heterocycles. The number of furan rings is 1. The van der Waals surface area contributed by atoms with Crippen LogP contribution in [-0.2, 0) is 0 Å². The van der Waals surface area contributed by atoms with Gasteiger partial charge in [-0.15, -0.1) is 0 Å². The van der Waals surface area contributed by atoms with Crippen LogP contribution in [0.15, 0.2) is 138 Å². The number of benzene rings is 5. The van der Waals surface area contributed by atoms with Gasteiger partial charge in [0.05, 0.1) is 5.39 Å². The van der Waals surface area contributed by atoms with Gasteiger partial charge >= 0.3 is 0 Å². The molecule has 0 N–H and O–H groups in total. The van der Waals surface area contributed by atoms with Crippen LogP contribution in [0, 0.1) is 0 Å². The zero-order chi connectivity index (χ0) is 29.7. The van der Waals surface area contributed by atoms with E-state index >= 15 is 0 Å². The molecule has 5 heteroatoms. The molecule has 1 aliphatic rings. The topological polar surface area (TPSA) is 64.7 Å². The Labute approximate surface area is 259 Å². The van der Waals surface area contributed by atoms with Crippen molar-refractivity contribution in [2.45, 2.75) is 12.3 Å². The minimum Gasteiger partial charge on any atom is -0.438 e. The normalized spacial score (nSPS) is 14.3. The highest BCUT2D eigenvalue weighted by atomic mass is 16.3. The van der Waals surface area contributed by atoms with Crippen LogP contribution in [-0.4, -0.2) is 19.9 Å². The van der Waals surface area contributed by atoms with Crippen molar-refractivity contribution in [2.75, 3.05) is 0 Å². The molecule has 1 aliphatic carbocycles. The van der Waals surface area contributed by atoms with Crippen molar-refractivity contribution in [2.24, 2.45) is 0 Å². The Morgan fingerprint density at radius 2 is 1.29 bits per heavy atom. The van der Waals surface area contributed by atoms with Crippen molar-refractivity contribution in [3.63, 3.8) is 0 Å². The summed E-state index contributed by atoms with van der Waals surface area (Å²) in [5.74, 6) is 1.97. The quantitative estimate of drug-likeness (QED) is 0.208. The van der Waals surface area contributed by atoms with E-state index in [4.69, 9.17) is 24.4 Å². The van der Waals surface area contributed by atoms with E-state index < -0.39 is 0 Å². The zero-order valence-corrected chi connectivity index (χ0v) is 24.3. The molecule has 1 unspecified atom stereocenters. The van der Waals surface area contributed by atoms with Crippen molar-refractivity contribution in [1.82, 2.24) is 19.9 Å². The second-order valence-corrected chi connectivity index (χ2v) is 11.4. The van der Waals surface area contributed by atoms with Gasteiger partial charge in [-0.3, -0.25) is 0 Å². The summed E-state index contributed by atoms with van der Waals surface area (Å²) in [7, 11) is 0. The maximum absolute atomic E-state index is 6.10. The molecule has 5 nitrogen and oxygen atoms in total. The molecular weight excluding hydrogens is 552 g/mol. The maximum atomic E-state index is 6.10. The molecule has 0 spiro atoms. The molecule has 0 radical (unpaired) electrons. The lowest BCUT2D eigenvalue weighted by Gasteiger charge is -2.21. The highest BCUT2D eigenvalue weighted by Crippen LogP contribution is 2.40. The Morgan fingerprint density at radius 3 is 2.11 bits per heavy atom. The molecule has 212 valence electrons. The van der Waals surface area contributed by atoms with E-state index in [1.807, 2.05) is 60.8 Å². The fourth-order valence-electron chi connectivity index (χ4n) is 6.47. The smallest absolute Gasteiger partial charge is 0.227 e. The summed E-state index contributed by atoms with van der Waals surface area (Å²) in [6, 6.07) is 41.7. The Kier molecular flexibility index (Phi) is 5.88. The molecule has 3 heterocycles. The third kappa shape index (κ3) is 4.40. The number of hydrogen-bond donors (Lipinski definition) is 0. The summed E-state index contributed by atoms with van der Waals surface area (Å²) in [4.78, 5) is 20.0. The molecule has 0 saturated carbocycles. The van der Waals surface area contributed by atoms with E-state index in [1.54, 1.807) is 0 Å². The second-order valence-electron chi connectivity index (χ2n) is 11.4. The van der Waals surface area contributed by atoms with Crippen molar-refractivity contribution >= 4 is 38.9 Å². The lowest BCUT2D eigenvalue weighted by molar-refractivity contribution is 0.652. The van der Waals surface area contributed by atoms with Crippen LogP contribution >= 0.6 is 0 Å². The second kappa shape index (κ2) is 10.4. The average Bonchev–Trinajstić information content (AvgIpc) is 3.51. The molecule has 8 aromatic rings. The first-order chi connectivity index (χ1) is 22.3. The molecule has 1 atom stereocenters. The van der Waals surface area contributed by atoms with Crippen LogP contribution in [0.4, 0.5) is 0 Å². The molecule has 9 rings (SSSR count). The predicted octanol–water partition coefficient (Wildman–Crippen LogP) is 9.87. The van der Waals surface area contributed by atoms with Crippen molar-refractivity contribution in [3.05, 3.63) is 151 Å². The van der Waals surface area contributed by atoms with Crippen LogP contribution < -0.4 is 0 Å². The summed E-state index contributed by atoms with van der Waals surface area (Å²) in [6.45, 7) is 0. The third-order valence-corrected chi connectivity index (χ3v) is 8.71. The zero-order valence-electron chi connectivity index (χ0n) is 24.3. The summed E-state index contributed by atoms with van der Waals surface area (Å²) < 4.78 is 6.10. The minimum absolute atomic E-state index is 0.0788. The molecule has 0 aliphatic heterocycles. The Bertz CT molecular complexity index is 2410. The van der Waals surface area contributed by atoms with Crippen molar-refractivity contribution in [1.29, 1.82) is 0 Å². The molecule has 5 aromatic carbocycles. The minimum atomic E-state index is -0.0788. The van der Waals surface area contributed by atoms with Gasteiger partial charge in [-0.25, -0.2) is 19.9 Å². The highest BCUT2D eigenvalue weighted by molar-refractivity contribution is 6.08. The fraction of sp³-hybridized carbons (Fsp3) is 0.0500. The summed E-state index contributed by atoms with van der Waals surface area (Å²) in [5.41, 5.74) is 7.97. The summed E-state index contributed by atoms with van der Waals surface area (Å²) in [6.07, 6.45) is 7.10. The van der Waals surface area contributed by atoms with Crippen LogP contribution in [0.3, 0.4) is 0 Å². The van der Waals surface area contributed by atoms with Gasteiger partial charge in [-0.1, -0.05) is 115 Å². The highest BCUT2D eigenvalue weighted by Gasteiger charge is 2.27. The van der Waals surface area contributed by atoms with Gasteiger partial charge in [0.2, 0.25) is 5.71 Å². The summed E-state index contributed by atoms with van der Waals surface area (Å²) >= 11 is 0. The number of fused-ring (bicyclic) bond motifs is 6. The number of rotatable bonds is 4. The maximum Gasteiger partial charge on any atom is 0.227 e. The molecule has 0 fully saturated rings. The Balaban J connectivity index is 1.21. The first kappa shape index (κ1) is 25.5. The lowest BCUT2D eigenvalue weighted by atomic mass is 9.86. The van der Waals surface area contributed by atoms with Crippen LogP contribution in [0.2, 0.25) is 0 Å². The van der Waals surface area contributed by atoms with Crippen LogP contribution in [0.25, 0.3) is 72.8 Å². The first-order valence-corrected chi connectivity index (χ1v) is 15.2. The molecular formula is C40H26N4O. The van der Waals surface area contributed by atoms with Gasteiger partial charge in [0.1, 0.15) is 11.4 Å². The van der Waals surface area contributed by atoms with Gasteiger partial charge in [0.25, 0.3) is 0 Å². The average molecular weight is 579 g/mol. The third-order valence-electron chi connectivity index (χ3n) is 8.71. The monoisotopic (exact) mass is 578 g/mol. The van der Waals surface area contributed by atoms with E-state index in [2.05, 4.69) is 78.9 Å². The van der Waals surface area contributed by atoms with Gasteiger partial charge < -0.3 is 4.42 Å². The van der Waals surface area contributed by atoms with Gasteiger partial charge in [-0.2, -0.15) is 0 Å². The van der Waals surface area contributed by atoms with Gasteiger partial charge in [0, 0.05) is 28.6 Å². The van der Waals surface area contributed by atoms with E-state index in [9.17, 15) is 0 Å². The largest absolute Gasteiger partial charge is 0.438 e. The van der Waals surface area contributed by atoms with Crippen molar-refractivity contribution in [3.8, 4) is 33.9 Å². The lowest BCUT2D eigenvalue weighted by Crippen LogP contribution is -2.13. The van der Waals surface area contributed by atoms with E-state index in [1.165, 1.54) is 16.5 Å². The Morgan fingerprint density at radius 1 is 0.600 bits per heavy atom. The fourth-order valence-corrected chi connectivity index (χ4v) is 6.47. The number of hydrogen-bond acceptors (Lipinski definition) is 5. The molecule has 0 bridgehead atoms. The van der Waals surface area contributed by atoms with E-state index in [0.717, 1.165) is 56.2 Å². The van der Waals surface area contributed by atoms with E-state index in [0.29, 0.717) is 17.4 Å². The SMILES string of the molecule is C1=Cc2c(cnc3oc4ccccc4c23)C(c2nc(-c3ccccc3)nc(-c3ccc4ccc(-c5ccccc5)cc4c3)n2)C1. The molecule has 0 amide bonds. The molecule has 3 aromatic heterocycles. The summed E-state index contributed by atoms with van der Waals surface area (Å²) in [5, 5.41) is 4.41. The van der Waals surface area contributed by atoms with Crippen LogP contribution in [0.1, 0.15) is 29.3 Å². The first-order valence-electron chi connectivity index (χ1n) is 15.2. The molecule has 45 heavy (non-hydrogen) atoms. The predicted molar refractivity (Wildman–Crippen MR) is 181 cm³/mol. The van der Waals surface area contributed by atoms with Crippen LogP contribution in [0.5, 0.6) is 0 Å². The van der Waals surface area contributed by atoms with Gasteiger partial charge in [-0.05, 0) is 57.6 Å². The number of para-hydroxylation sites is 1. The number of aromatic nitrogens is 4. The standard InChI is InChI=1S/C40H26N4O/c1-3-10-25(11-4-1)28-20-18-26-19-21-29(23-30(26)22-28)38-42-37(27-12-5-2-6-13-27)43-39(44-38)32-16-9-15-31-34(32)24-41-40-36(31)33-14-7-8-17-35(33)45-40/h1-15,17-24,32H,16H2. The number of nitrogens with zero attached hydrogens (tertiary/aromatic N) is 4. The van der Waals surface area contributed by atoms with Gasteiger partial charge in [0.15, 0.2) is 11.6 Å². The number of allylic oxidation sites excluding steroid dienone is 1. The Hall–Kier alpha value is -5.94. The van der Waals surface area contributed by atoms with Crippen molar-refractivity contribution < 1.29 is 4.42 Å².